The Morgan fingerprint density at radius 3 is 2.67 bits per heavy atom. The lowest BCUT2D eigenvalue weighted by molar-refractivity contribution is -0.116. The standard InChI is InChI=1S/C16H14ClN3O/c17-13-7-6-12(10-18)15(8-13)20-16(21)9-14(19)11-4-2-1-3-5-11/h1-8,14H,9,19H2,(H,20,21). The molecule has 0 aromatic heterocycles. The summed E-state index contributed by atoms with van der Waals surface area (Å²) in [6, 6.07) is 15.7. The minimum Gasteiger partial charge on any atom is -0.325 e. The van der Waals surface area contributed by atoms with E-state index in [0.717, 1.165) is 5.56 Å². The number of halogens is 1. The number of rotatable bonds is 4. The van der Waals surface area contributed by atoms with Gasteiger partial charge in [-0.1, -0.05) is 41.9 Å². The van der Waals surface area contributed by atoms with Crippen molar-refractivity contribution in [2.24, 2.45) is 5.73 Å². The molecule has 5 heteroatoms. The van der Waals surface area contributed by atoms with Crippen LogP contribution in [0.4, 0.5) is 5.69 Å². The normalized spacial score (nSPS) is 11.5. The zero-order valence-corrected chi connectivity index (χ0v) is 12.0. The van der Waals surface area contributed by atoms with E-state index in [1.807, 2.05) is 36.4 Å². The molecule has 0 aliphatic heterocycles. The van der Waals surface area contributed by atoms with E-state index in [2.05, 4.69) is 5.32 Å². The highest BCUT2D eigenvalue weighted by Gasteiger charge is 2.13. The van der Waals surface area contributed by atoms with Crippen LogP contribution >= 0.6 is 11.6 Å². The molecular weight excluding hydrogens is 286 g/mol. The first-order chi connectivity index (χ1) is 10.1. The molecule has 4 nitrogen and oxygen atoms in total. The third-order valence-corrected chi connectivity index (χ3v) is 3.24. The molecular formula is C16H14ClN3O. The van der Waals surface area contributed by atoms with E-state index in [1.54, 1.807) is 18.2 Å². The highest BCUT2D eigenvalue weighted by atomic mass is 35.5. The maximum Gasteiger partial charge on any atom is 0.226 e. The van der Waals surface area contributed by atoms with Gasteiger partial charge in [0.05, 0.1) is 11.3 Å². The van der Waals surface area contributed by atoms with Crippen LogP contribution < -0.4 is 11.1 Å². The molecule has 0 radical (unpaired) electrons. The number of nitrogens with one attached hydrogen (secondary N) is 1. The Hall–Kier alpha value is -2.35. The molecule has 2 aromatic carbocycles. The molecule has 0 bridgehead atoms. The van der Waals surface area contributed by atoms with Crippen molar-refractivity contribution >= 4 is 23.2 Å². The quantitative estimate of drug-likeness (QED) is 0.909. The summed E-state index contributed by atoms with van der Waals surface area (Å²) in [4.78, 5) is 12.0. The number of hydrogen-bond donors (Lipinski definition) is 2. The number of carbonyl (C=O) groups is 1. The predicted molar refractivity (Wildman–Crippen MR) is 82.8 cm³/mol. The van der Waals surface area contributed by atoms with Crippen LogP contribution in [0.1, 0.15) is 23.6 Å². The molecule has 1 unspecified atom stereocenters. The zero-order valence-electron chi connectivity index (χ0n) is 11.2. The molecule has 0 saturated carbocycles. The van der Waals surface area contributed by atoms with E-state index in [9.17, 15) is 4.79 Å². The monoisotopic (exact) mass is 299 g/mol. The Kier molecular flexibility index (Phi) is 4.94. The fourth-order valence-electron chi connectivity index (χ4n) is 1.94. The van der Waals surface area contributed by atoms with Gasteiger partial charge in [0.25, 0.3) is 0 Å². The Balaban J connectivity index is 2.06. The van der Waals surface area contributed by atoms with Crippen LogP contribution in [0.15, 0.2) is 48.5 Å². The van der Waals surface area contributed by atoms with Gasteiger partial charge in [0.2, 0.25) is 5.91 Å². The van der Waals surface area contributed by atoms with Crippen LogP contribution in [-0.2, 0) is 4.79 Å². The van der Waals surface area contributed by atoms with Crippen molar-refractivity contribution in [2.45, 2.75) is 12.5 Å². The maximum atomic E-state index is 12.0. The summed E-state index contributed by atoms with van der Waals surface area (Å²) in [5, 5.41) is 12.1. The molecule has 0 aliphatic rings. The minimum absolute atomic E-state index is 0.126. The highest BCUT2D eigenvalue weighted by molar-refractivity contribution is 6.31. The molecule has 0 spiro atoms. The van der Waals surface area contributed by atoms with Gasteiger partial charge in [0, 0.05) is 17.5 Å². The maximum absolute atomic E-state index is 12.0. The van der Waals surface area contributed by atoms with E-state index in [-0.39, 0.29) is 12.3 Å². The summed E-state index contributed by atoms with van der Waals surface area (Å²) >= 11 is 5.87. The summed E-state index contributed by atoms with van der Waals surface area (Å²) in [7, 11) is 0. The largest absolute Gasteiger partial charge is 0.325 e. The molecule has 1 atom stereocenters. The second-order valence-electron chi connectivity index (χ2n) is 4.57. The minimum atomic E-state index is -0.393. The fraction of sp³-hybridized carbons (Fsp3) is 0.125. The van der Waals surface area contributed by atoms with Gasteiger partial charge in [-0.25, -0.2) is 0 Å². The van der Waals surface area contributed by atoms with Crippen molar-refractivity contribution in [2.75, 3.05) is 5.32 Å². The topological polar surface area (TPSA) is 78.9 Å². The Labute approximate surface area is 128 Å². The second kappa shape index (κ2) is 6.89. The molecule has 2 aromatic rings. The molecule has 2 rings (SSSR count). The summed E-state index contributed by atoms with van der Waals surface area (Å²) in [6.07, 6.45) is 0.126. The van der Waals surface area contributed by atoms with Crippen LogP contribution in [0, 0.1) is 11.3 Å². The van der Waals surface area contributed by atoms with E-state index in [4.69, 9.17) is 22.6 Å². The van der Waals surface area contributed by atoms with E-state index in [0.29, 0.717) is 16.3 Å². The van der Waals surface area contributed by atoms with Crippen molar-refractivity contribution in [1.82, 2.24) is 0 Å². The van der Waals surface area contributed by atoms with Gasteiger partial charge < -0.3 is 11.1 Å². The average Bonchev–Trinajstić information content (AvgIpc) is 2.48. The van der Waals surface area contributed by atoms with Gasteiger partial charge in [0.15, 0.2) is 0 Å². The first-order valence-electron chi connectivity index (χ1n) is 6.40. The highest BCUT2D eigenvalue weighted by Crippen LogP contribution is 2.21. The molecule has 21 heavy (non-hydrogen) atoms. The van der Waals surface area contributed by atoms with Crippen LogP contribution in [0.5, 0.6) is 0 Å². The number of nitrogens with two attached hydrogens (primary N) is 1. The number of nitrogens with zero attached hydrogens (tertiary/aromatic N) is 1. The molecule has 1 amide bonds. The van der Waals surface area contributed by atoms with Gasteiger partial charge in [-0.3, -0.25) is 4.79 Å². The van der Waals surface area contributed by atoms with E-state index < -0.39 is 6.04 Å². The Morgan fingerprint density at radius 2 is 2.00 bits per heavy atom. The number of hydrogen-bond acceptors (Lipinski definition) is 3. The number of nitriles is 1. The van der Waals surface area contributed by atoms with Crippen molar-refractivity contribution < 1.29 is 4.79 Å². The van der Waals surface area contributed by atoms with Crippen LogP contribution in [0.25, 0.3) is 0 Å². The van der Waals surface area contributed by atoms with E-state index >= 15 is 0 Å². The van der Waals surface area contributed by atoms with Gasteiger partial charge in [-0.05, 0) is 23.8 Å². The smallest absolute Gasteiger partial charge is 0.226 e. The molecule has 0 saturated heterocycles. The van der Waals surface area contributed by atoms with Crippen LogP contribution in [-0.4, -0.2) is 5.91 Å². The SMILES string of the molecule is N#Cc1ccc(Cl)cc1NC(=O)CC(N)c1ccccc1. The van der Waals surface area contributed by atoms with Crippen LogP contribution in [0.2, 0.25) is 5.02 Å². The fourth-order valence-corrected chi connectivity index (χ4v) is 2.11. The van der Waals surface area contributed by atoms with Crippen molar-refractivity contribution in [1.29, 1.82) is 5.26 Å². The van der Waals surface area contributed by atoms with Crippen LogP contribution in [0.3, 0.4) is 0 Å². The van der Waals surface area contributed by atoms with Gasteiger partial charge in [0.1, 0.15) is 6.07 Å². The summed E-state index contributed by atoms with van der Waals surface area (Å²) < 4.78 is 0. The number of benzene rings is 2. The second-order valence-corrected chi connectivity index (χ2v) is 5.01. The summed E-state index contributed by atoms with van der Waals surface area (Å²) in [6.45, 7) is 0. The lowest BCUT2D eigenvalue weighted by Gasteiger charge is -2.13. The molecule has 0 heterocycles. The number of amides is 1. The van der Waals surface area contributed by atoms with Gasteiger partial charge in [-0.15, -0.1) is 0 Å². The lowest BCUT2D eigenvalue weighted by Crippen LogP contribution is -2.21. The van der Waals surface area contributed by atoms with E-state index in [1.165, 1.54) is 0 Å². The molecule has 0 fully saturated rings. The molecule has 106 valence electrons. The average molecular weight is 300 g/mol. The Morgan fingerprint density at radius 1 is 1.29 bits per heavy atom. The van der Waals surface area contributed by atoms with Gasteiger partial charge in [-0.2, -0.15) is 5.26 Å². The third kappa shape index (κ3) is 4.06. The van der Waals surface area contributed by atoms with Gasteiger partial charge >= 0.3 is 0 Å². The number of anilines is 1. The van der Waals surface area contributed by atoms with Crippen molar-refractivity contribution in [3.63, 3.8) is 0 Å². The summed E-state index contributed by atoms with van der Waals surface area (Å²) in [5.74, 6) is -0.259. The first-order valence-corrected chi connectivity index (χ1v) is 6.78. The summed E-state index contributed by atoms with van der Waals surface area (Å²) in [5.41, 5.74) is 7.65. The number of carbonyl (C=O) groups excluding carboxylic acids is 1. The first kappa shape index (κ1) is 15.0. The lowest BCUT2D eigenvalue weighted by atomic mass is 10.0. The predicted octanol–water partition coefficient (Wildman–Crippen LogP) is 3.24. The Bertz CT molecular complexity index is 680. The third-order valence-electron chi connectivity index (χ3n) is 3.01. The molecule has 0 aliphatic carbocycles. The molecule has 3 N–H and O–H groups in total. The zero-order chi connectivity index (χ0) is 15.2. The van der Waals surface area contributed by atoms with Crippen molar-refractivity contribution in [3.8, 4) is 6.07 Å². The van der Waals surface area contributed by atoms with Crippen molar-refractivity contribution in [3.05, 3.63) is 64.7 Å².